The highest BCUT2D eigenvalue weighted by molar-refractivity contribution is 9.10. The number of carbonyl (C=O) groups excluding carboxylic acids is 1. The van der Waals surface area contributed by atoms with Gasteiger partial charge in [0.25, 0.3) is 0 Å². The maximum atomic E-state index is 11.3. The molecule has 0 spiro atoms. The second-order valence-electron chi connectivity index (χ2n) is 4.19. The summed E-state index contributed by atoms with van der Waals surface area (Å²) in [7, 11) is 0. The zero-order valence-electron chi connectivity index (χ0n) is 10.6. The van der Waals surface area contributed by atoms with Crippen LogP contribution in [0.15, 0.2) is 34.8 Å². The Hall–Kier alpha value is -1.09. The lowest BCUT2D eigenvalue weighted by Crippen LogP contribution is -2.24. The van der Waals surface area contributed by atoms with E-state index in [1.54, 1.807) is 6.92 Å². The molecule has 0 fully saturated rings. The molecule has 0 atom stereocenters. The van der Waals surface area contributed by atoms with Gasteiger partial charge in [0.1, 0.15) is 0 Å². The Kier molecular flexibility index (Phi) is 4.94. The van der Waals surface area contributed by atoms with Crippen molar-refractivity contribution < 1.29 is 4.79 Å². The van der Waals surface area contributed by atoms with Gasteiger partial charge in [-0.15, -0.1) is 0 Å². The molecule has 2 nitrogen and oxygen atoms in total. The zero-order chi connectivity index (χ0) is 13.0. The van der Waals surface area contributed by atoms with E-state index in [0.717, 1.165) is 34.4 Å². The first kappa shape index (κ1) is 14.0. The lowest BCUT2D eigenvalue weighted by molar-refractivity contribution is 0.101. The normalized spacial score (nSPS) is 10.1. The number of carbonyl (C=O) groups is 1. The Morgan fingerprint density at radius 1 is 1.41 bits per heavy atom. The summed E-state index contributed by atoms with van der Waals surface area (Å²) in [6.07, 6.45) is 0. The van der Waals surface area contributed by atoms with Gasteiger partial charge in [-0.05, 0) is 54.9 Å². The predicted octanol–water partition coefficient (Wildman–Crippen LogP) is 4.05. The van der Waals surface area contributed by atoms with Crippen LogP contribution in [0.3, 0.4) is 0 Å². The Labute approximate surface area is 111 Å². The highest BCUT2D eigenvalue weighted by Gasteiger charge is 2.10. The van der Waals surface area contributed by atoms with E-state index in [4.69, 9.17) is 0 Å². The largest absolute Gasteiger partial charge is 0.367 e. The molecule has 1 aromatic carbocycles. The molecule has 0 bridgehead atoms. The van der Waals surface area contributed by atoms with E-state index in [0.29, 0.717) is 0 Å². The Bertz CT molecular complexity index is 440. The molecule has 0 aromatic heterocycles. The van der Waals surface area contributed by atoms with Crippen LogP contribution in [0.1, 0.15) is 31.1 Å². The average Bonchev–Trinajstić information content (AvgIpc) is 2.25. The van der Waals surface area contributed by atoms with E-state index in [-0.39, 0.29) is 5.78 Å². The van der Waals surface area contributed by atoms with Gasteiger partial charge in [0, 0.05) is 23.1 Å². The third-order valence-electron chi connectivity index (χ3n) is 2.54. The summed E-state index contributed by atoms with van der Waals surface area (Å²) in [4.78, 5) is 13.5. The van der Waals surface area contributed by atoms with E-state index in [1.165, 1.54) is 0 Å². The second kappa shape index (κ2) is 6.01. The van der Waals surface area contributed by atoms with Crippen LogP contribution in [0.25, 0.3) is 0 Å². The standard InChI is InChI=1S/C14H18BrNO/c1-5-16(9-10(2)3)14-7-6-12(11(4)17)8-13(14)15/h6-8H,2,5,9H2,1,3-4H3. The number of anilines is 1. The van der Waals surface area contributed by atoms with Crippen molar-refractivity contribution in [3.05, 3.63) is 40.4 Å². The third kappa shape index (κ3) is 3.70. The molecule has 0 heterocycles. The minimum Gasteiger partial charge on any atom is -0.367 e. The van der Waals surface area contributed by atoms with E-state index in [9.17, 15) is 4.79 Å². The quantitative estimate of drug-likeness (QED) is 0.603. The molecule has 0 aliphatic carbocycles. The van der Waals surface area contributed by atoms with Crippen molar-refractivity contribution in [3.8, 4) is 0 Å². The topological polar surface area (TPSA) is 20.3 Å². The van der Waals surface area contributed by atoms with Crippen LogP contribution in [0.4, 0.5) is 5.69 Å². The van der Waals surface area contributed by atoms with Gasteiger partial charge in [-0.3, -0.25) is 4.79 Å². The summed E-state index contributed by atoms with van der Waals surface area (Å²) < 4.78 is 0.952. The summed E-state index contributed by atoms with van der Waals surface area (Å²) >= 11 is 3.52. The van der Waals surface area contributed by atoms with Crippen LogP contribution in [-0.4, -0.2) is 18.9 Å². The van der Waals surface area contributed by atoms with Crippen LogP contribution in [0, 0.1) is 0 Å². The molecule has 0 saturated heterocycles. The summed E-state index contributed by atoms with van der Waals surface area (Å²) in [6.45, 7) is 11.4. The van der Waals surface area contributed by atoms with Gasteiger partial charge in [0.05, 0.1) is 5.69 Å². The van der Waals surface area contributed by atoms with Crippen molar-refractivity contribution in [2.75, 3.05) is 18.0 Å². The highest BCUT2D eigenvalue weighted by Crippen LogP contribution is 2.28. The first-order chi connectivity index (χ1) is 7.95. The minimum absolute atomic E-state index is 0.0835. The van der Waals surface area contributed by atoms with Crippen molar-refractivity contribution in [2.45, 2.75) is 20.8 Å². The molecule has 0 N–H and O–H groups in total. The first-order valence-corrected chi connectivity index (χ1v) is 6.44. The fourth-order valence-corrected chi connectivity index (χ4v) is 2.31. The highest BCUT2D eigenvalue weighted by atomic mass is 79.9. The molecule has 0 amide bonds. The van der Waals surface area contributed by atoms with Gasteiger partial charge in [0.15, 0.2) is 5.78 Å². The molecule has 0 radical (unpaired) electrons. The van der Waals surface area contributed by atoms with Crippen LogP contribution in [0.5, 0.6) is 0 Å². The average molecular weight is 296 g/mol. The summed E-state index contributed by atoms with van der Waals surface area (Å²) in [5.74, 6) is 0.0835. The Morgan fingerprint density at radius 3 is 2.47 bits per heavy atom. The summed E-state index contributed by atoms with van der Waals surface area (Å²) in [5, 5.41) is 0. The van der Waals surface area contributed by atoms with Crippen molar-refractivity contribution in [1.29, 1.82) is 0 Å². The minimum atomic E-state index is 0.0835. The number of hydrogen-bond acceptors (Lipinski definition) is 2. The monoisotopic (exact) mass is 295 g/mol. The molecule has 1 aromatic rings. The second-order valence-corrected chi connectivity index (χ2v) is 5.05. The molecule has 17 heavy (non-hydrogen) atoms. The molecule has 1 rings (SSSR count). The molecule has 3 heteroatoms. The fraction of sp³-hybridized carbons (Fsp3) is 0.357. The smallest absolute Gasteiger partial charge is 0.159 e. The van der Waals surface area contributed by atoms with Crippen molar-refractivity contribution >= 4 is 27.4 Å². The maximum Gasteiger partial charge on any atom is 0.159 e. The number of Topliss-reactive ketones (excluding diaryl/α,β-unsaturated/α-hetero) is 1. The number of nitrogens with zero attached hydrogens (tertiary/aromatic N) is 1. The molecular formula is C14H18BrNO. The van der Waals surface area contributed by atoms with E-state index >= 15 is 0 Å². The predicted molar refractivity (Wildman–Crippen MR) is 76.8 cm³/mol. The van der Waals surface area contributed by atoms with Gasteiger partial charge < -0.3 is 4.90 Å². The maximum absolute atomic E-state index is 11.3. The van der Waals surface area contributed by atoms with Gasteiger partial charge in [0.2, 0.25) is 0 Å². The van der Waals surface area contributed by atoms with Crippen LogP contribution in [0.2, 0.25) is 0 Å². The molecule has 0 aliphatic rings. The molecule has 0 aliphatic heterocycles. The van der Waals surface area contributed by atoms with Crippen molar-refractivity contribution in [2.24, 2.45) is 0 Å². The first-order valence-electron chi connectivity index (χ1n) is 5.65. The summed E-state index contributed by atoms with van der Waals surface area (Å²) in [5.41, 5.74) is 2.95. The van der Waals surface area contributed by atoms with Crippen molar-refractivity contribution in [1.82, 2.24) is 0 Å². The van der Waals surface area contributed by atoms with Crippen LogP contribution < -0.4 is 4.90 Å². The SMILES string of the molecule is C=C(C)CN(CC)c1ccc(C(C)=O)cc1Br. The van der Waals surface area contributed by atoms with E-state index < -0.39 is 0 Å². The number of likely N-dealkylation sites (N-methyl/N-ethyl adjacent to an activating group) is 1. The number of halogens is 1. The number of rotatable bonds is 5. The van der Waals surface area contributed by atoms with Gasteiger partial charge >= 0.3 is 0 Å². The Balaban J connectivity index is 3.04. The molecule has 0 unspecified atom stereocenters. The third-order valence-corrected chi connectivity index (χ3v) is 3.17. The lowest BCUT2D eigenvalue weighted by atomic mass is 10.1. The van der Waals surface area contributed by atoms with Gasteiger partial charge in [-0.2, -0.15) is 0 Å². The van der Waals surface area contributed by atoms with Gasteiger partial charge in [-0.1, -0.05) is 12.2 Å². The zero-order valence-corrected chi connectivity index (χ0v) is 12.2. The van der Waals surface area contributed by atoms with Crippen molar-refractivity contribution in [3.63, 3.8) is 0 Å². The van der Waals surface area contributed by atoms with Crippen LogP contribution >= 0.6 is 15.9 Å². The van der Waals surface area contributed by atoms with E-state index in [2.05, 4.69) is 34.3 Å². The fourth-order valence-electron chi connectivity index (χ4n) is 1.68. The number of benzene rings is 1. The molecular weight excluding hydrogens is 278 g/mol. The summed E-state index contributed by atoms with van der Waals surface area (Å²) in [6, 6.07) is 5.72. The van der Waals surface area contributed by atoms with E-state index in [1.807, 2.05) is 25.1 Å². The van der Waals surface area contributed by atoms with Crippen LogP contribution in [-0.2, 0) is 0 Å². The number of hydrogen-bond donors (Lipinski definition) is 0. The van der Waals surface area contributed by atoms with Gasteiger partial charge in [-0.25, -0.2) is 0 Å². The lowest BCUT2D eigenvalue weighted by Gasteiger charge is -2.24. The molecule has 92 valence electrons. The number of ketones is 1. The Morgan fingerprint density at radius 2 is 2.06 bits per heavy atom. The molecule has 0 saturated carbocycles.